The van der Waals surface area contributed by atoms with E-state index in [2.05, 4.69) is 50.4 Å². The van der Waals surface area contributed by atoms with Crippen LogP contribution in [0, 0.1) is 0 Å². The van der Waals surface area contributed by atoms with Gasteiger partial charge in [0.25, 0.3) is 5.91 Å². The highest BCUT2D eigenvalue weighted by molar-refractivity contribution is 9.10. The Hall–Kier alpha value is -2.01. The van der Waals surface area contributed by atoms with E-state index in [0.717, 1.165) is 16.6 Å². The van der Waals surface area contributed by atoms with Crippen molar-refractivity contribution >= 4 is 27.5 Å². The fourth-order valence-electron chi connectivity index (χ4n) is 2.18. The Morgan fingerprint density at radius 3 is 2.48 bits per heavy atom. The van der Waals surface area contributed by atoms with Gasteiger partial charge in [0, 0.05) is 30.8 Å². The molecule has 5 heteroatoms. The first kappa shape index (κ1) is 17.3. The first-order valence-corrected chi connectivity index (χ1v) is 8.18. The average molecular weight is 377 g/mol. The number of halogens is 1. The minimum absolute atomic E-state index is 0.110. The van der Waals surface area contributed by atoms with E-state index < -0.39 is 0 Å². The van der Waals surface area contributed by atoms with Gasteiger partial charge in [0.15, 0.2) is 0 Å². The molecular weight excluding hydrogens is 356 g/mol. The van der Waals surface area contributed by atoms with Crippen molar-refractivity contribution < 1.29 is 9.53 Å². The highest BCUT2D eigenvalue weighted by atomic mass is 79.9. The molecule has 0 atom stereocenters. The van der Waals surface area contributed by atoms with Crippen LogP contribution >= 0.6 is 15.9 Å². The fraction of sp³-hybridized carbons (Fsp3) is 0.278. The Labute approximate surface area is 145 Å². The lowest BCUT2D eigenvalue weighted by Crippen LogP contribution is -2.26. The molecular formula is C18H21BrN2O2. The van der Waals surface area contributed by atoms with E-state index >= 15 is 0 Å². The van der Waals surface area contributed by atoms with Crippen LogP contribution in [0.3, 0.4) is 0 Å². The average Bonchev–Trinajstić information content (AvgIpc) is 2.55. The summed E-state index contributed by atoms with van der Waals surface area (Å²) >= 11 is 3.40. The highest BCUT2D eigenvalue weighted by Crippen LogP contribution is 2.22. The summed E-state index contributed by atoms with van der Waals surface area (Å²) in [6.45, 7) is 0.587. The Morgan fingerprint density at radius 2 is 1.87 bits per heavy atom. The van der Waals surface area contributed by atoms with E-state index in [1.54, 1.807) is 13.2 Å². The van der Waals surface area contributed by atoms with Gasteiger partial charge >= 0.3 is 0 Å². The number of nitrogens with zero attached hydrogens (tertiary/aromatic N) is 1. The predicted octanol–water partition coefficient (Wildman–Crippen LogP) is 3.50. The minimum Gasteiger partial charge on any atom is -0.497 e. The highest BCUT2D eigenvalue weighted by Gasteiger charge is 2.10. The molecule has 0 spiro atoms. The van der Waals surface area contributed by atoms with Crippen molar-refractivity contribution in [3.63, 3.8) is 0 Å². The maximum absolute atomic E-state index is 12.3. The number of carbonyl (C=O) groups excluding carboxylic acids is 1. The number of amides is 1. The number of hydrogen-bond donors (Lipinski definition) is 1. The van der Waals surface area contributed by atoms with Crippen LogP contribution in [0.5, 0.6) is 5.75 Å². The predicted molar refractivity (Wildman–Crippen MR) is 97.5 cm³/mol. The fourth-order valence-corrected chi connectivity index (χ4v) is 2.61. The van der Waals surface area contributed by atoms with Crippen molar-refractivity contribution in [3.05, 3.63) is 58.1 Å². The van der Waals surface area contributed by atoms with Crippen molar-refractivity contribution in [2.24, 2.45) is 0 Å². The smallest absolute Gasteiger partial charge is 0.252 e. The topological polar surface area (TPSA) is 41.6 Å². The summed E-state index contributed by atoms with van der Waals surface area (Å²) in [6.07, 6.45) is 0.793. The number of anilines is 1. The molecule has 1 N–H and O–H groups in total. The third-order valence-electron chi connectivity index (χ3n) is 3.57. The van der Waals surface area contributed by atoms with Gasteiger partial charge in [0.05, 0.1) is 12.7 Å². The third kappa shape index (κ3) is 4.73. The molecule has 23 heavy (non-hydrogen) atoms. The molecule has 2 aromatic carbocycles. The first-order valence-electron chi connectivity index (χ1n) is 7.39. The molecule has 0 saturated heterocycles. The second-order valence-electron chi connectivity index (χ2n) is 5.41. The van der Waals surface area contributed by atoms with Crippen LogP contribution in [0.15, 0.2) is 46.9 Å². The van der Waals surface area contributed by atoms with E-state index in [1.807, 2.05) is 26.2 Å². The summed E-state index contributed by atoms with van der Waals surface area (Å²) in [5.41, 5.74) is 2.94. The number of carbonyl (C=O) groups is 1. The molecule has 0 radical (unpaired) electrons. The molecule has 0 saturated carbocycles. The van der Waals surface area contributed by atoms with Crippen LogP contribution in [0.4, 0.5) is 5.69 Å². The van der Waals surface area contributed by atoms with Gasteiger partial charge in [-0.3, -0.25) is 4.79 Å². The Morgan fingerprint density at radius 1 is 1.17 bits per heavy atom. The summed E-state index contributed by atoms with van der Waals surface area (Å²) in [6, 6.07) is 13.7. The second-order valence-corrected chi connectivity index (χ2v) is 6.27. The van der Waals surface area contributed by atoms with E-state index in [9.17, 15) is 4.79 Å². The van der Waals surface area contributed by atoms with E-state index in [0.29, 0.717) is 17.9 Å². The maximum atomic E-state index is 12.3. The summed E-state index contributed by atoms with van der Waals surface area (Å²) in [5, 5.41) is 2.94. The maximum Gasteiger partial charge on any atom is 0.252 e. The normalized spacial score (nSPS) is 10.3. The number of methoxy groups -OCH3 is 1. The monoisotopic (exact) mass is 376 g/mol. The molecule has 4 nitrogen and oxygen atoms in total. The Bertz CT molecular complexity index is 669. The van der Waals surface area contributed by atoms with Gasteiger partial charge in [-0.15, -0.1) is 0 Å². The van der Waals surface area contributed by atoms with Gasteiger partial charge in [-0.25, -0.2) is 0 Å². The van der Waals surface area contributed by atoms with Gasteiger partial charge in [0.1, 0.15) is 5.75 Å². The third-order valence-corrected chi connectivity index (χ3v) is 4.26. The van der Waals surface area contributed by atoms with Gasteiger partial charge < -0.3 is 15.0 Å². The van der Waals surface area contributed by atoms with E-state index in [4.69, 9.17) is 4.74 Å². The van der Waals surface area contributed by atoms with Gasteiger partial charge in [-0.1, -0.05) is 12.1 Å². The van der Waals surface area contributed by atoms with E-state index in [1.165, 1.54) is 5.56 Å². The molecule has 0 aromatic heterocycles. The van der Waals surface area contributed by atoms with Crippen LogP contribution in [0.25, 0.3) is 0 Å². The number of hydrogen-bond acceptors (Lipinski definition) is 3. The number of ether oxygens (including phenoxy) is 1. The zero-order valence-electron chi connectivity index (χ0n) is 13.6. The molecule has 0 bridgehead atoms. The van der Waals surface area contributed by atoms with Crippen LogP contribution in [0.2, 0.25) is 0 Å². The number of benzene rings is 2. The van der Waals surface area contributed by atoms with Crippen molar-refractivity contribution in [2.45, 2.75) is 6.42 Å². The molecule has 2 rings (SSSR count). The van der Waals surface area contributed by atoms with Crippen molar-refractivity contribution in [1.29, 1.82) is 0 Å². The van der Waals surface area contributed by atoms with E-state index in [-0.39, 0.29) is 5.91 Å². The Balaban J connectivity index is 1.92. The largest absolute Gasteiger partial charge is 0.497 e. The molecule has 0 heterocycles. The van der Waals surface area contributed by atoms with Crippen LogP contribution in [0.1, 0.15) is 15.9 Å². The zero-order valence-corrected chi connectivity index (χ0v) is 15.2. The lowest BCUT2D eigenvalue weighted by atomic mass is 10.1. The second kappa shape index (κ2) is 8.02. The molecule has 0 unspecified atom stereocenters. The molecule has 122 valence electrons. The van der Waals surface area contributed by atoms with Crippen LogP contribution < -0.4 is 15.0 Å². The number of nitrogens with one attached hydrogen (secondary N) is 1. The van der Waals surface area contributed by atoms with Crippen LogP contribution in [-0.4, -0.2) is 33.7 Å². The zero-order chi connectivity index (χ0) is 16.8. The molecule has 0 aliphatic carbocycles. The summed E-state index contributed by atoms with van der Waals surface area (Å²) in [5.74, 6) is 0.554. The molecule has 0 fully saturated rings. The molecule has 0 aliphatic rings. The van der Waals surface area contributed by atoms with Gasteiger partial charge in [-0.05, 0) is 58.2 Å². The summed E-state index contributed by atoms with van der Waals surface area (Å²) in [4.78, 5) is 14.3. The van der Waals surface area contributed by atoms with Crippen molar-refractivity contribution in [3.8, 4) is 5.75 Å². The summed E-state index contributed by atoms with van der Waals surface area (Å²) < 4.78 is 5.92. The first-order chi connectivity index (χ1) is 11.0. The van der Waals surface area contributed by atoms with Crippen molar-refractivity contribution in [2.75, 3.05) is 32.6 Å². The Kier molecular flexibility index (Phi) is 6.04. The van der Waals surface area contributed by atoms with Gasteiger partial charge in [0.2, 0.25) is 0 Å². The quantitative estimate of drug-likeness (QED) is 0.838. The SMILES string of the molecule is COc1ccc(Br)c(C(=O)NCCc2ccc(N(C)C)cc2)c1. The number of rotatable bonds is 6. The minimum atomic E-state index is -0.110. The standard InChI is InChI=1S/C18H21BrN2O2/c1-21(2)14-6-4-13(5-7-14)10-11-20-18(22)16-12-15(23-3)8-9-17(16)19/h4-9,12H,10-11H2,1-3H3,(H,20,22). The summed E-state index contributed by atoms with van der Waals surface area (Å²) in [7, 11) is 5.62. The van der Waals surface area contributed by atoms with Crippen LogP contribution in [-0.2, 0) is 6.42 Å². The van der Waals surface area contributed by atoms with Gasteiger partial charge in [-0.2, -0.15) is 0 Å². The lowest BCUT2D eigenvalue weighted by molar-refractivity contribution is 0.0953. The molecule has 1 amide bonds. The lowest BCUT2D eigenvalue weighted by Gasteiger charge is -2.13. The molecule has 0 aliphatic heterocycles. The van der Waals surface area contributed by atoms with Crippen molar-refractivity contribution in [1.82, 2.24) is 5.32 Å². The molecule has 2 aromatic rings.